The van der Waals surface area contributed by atoms with Crippen molar-refractivity contribution in [3.8, 4) is 0 Å². The summed E-state index contributed by atoms with van der Waals surface area (Å²) in [4.78, 5) is 35.1. The fourth-order valence-corrected chi connectivity index (χ4v) is 3.03. The largest absolute Gasteiger partial charge is 0.394 e. The summed E-state index contributed by atoms with van der Waals surface area (Å²) in [5.41, 5.74) is 3.57. The molecule has 10 nitrogen and oxygen atoms in total. The Morgan fingerprint density at radius 2 is 2.38 bits per heavy atom. The maximum Gasteiger partial charge on any atom is 0.280 e. The number of aliphatic hydroxyl groups is 2. The third-order valence-electron chi connectivity index (χ3n) is 4.17. The number of ketones is 1. The highest BCUT2D eigenvalue weighted by Crippen LogP contribution is 2.38. The average Bonchev–Trinajstić information content (AvgIpc) is 3.09. The third kappa shape index (κ3) is 2.39. The van der Waals surface area contributed by atoms with Gasteiger partial charge in [-0.1, -0.05) is 6.92 Å². The van der Waals surface area contributed by atoms with Crippen LogP contribution in [0.4, 0.5) is 5.95 Å². The minimum absolute atomic E-state index is 0.0124. The molecule has 130 valence electrons. The van der Waals surface area contributed by atoms with Gasteiger partial charge in [0.15, 0.2) is 16.9 Å². The van der Waals surface area contributed by atoms with E-state index in [4.69, 9.17) is 10.5 Å². The van der Waals surface area contributed by atoms with Crippen LogP contribution in [-0.2, 0) is 15.3 Å². The molecule has 0 amide bonds. The summed E-state index contributed by atoms with van der Waals surface area (Å²) in [7, 11) is 0. The van der Waals surface area contributed by atoms with Crippen LogP contribution < -0.4 is 11.3 Å². The zero-order valence-electron chi connectivity index (χ0n) is 13.1. The number of hydrogen-bond donors (Lipinski definition) is 4. The second-order valence-electron chi connectivity index (χ2n) is 5.81. The van der Waals surface area contributed by atoms with E-state index in [2.05, 4.69) is 15.0 Å². The molecule has 1 fully saturated rings. The van der Waals surface area contributed by atoms with Gasteiger partial charge in [-0.2, -0.15) is 4.98 Å². The lowest BCUT2D eigenvalue weighted by Gasteiger charge is -2.29. The van der Waals surface area contributed by atoms with E-state index in [0.717, 1.165) is 0 Å². The summed E-state index contributed by atoms with van der Waals surface area (Å²) >= 11 is 0. The number of nitrogen functional groups attached to an aromatic ring is 1. The van der Waals surface area contributed by atoms with E-state index >= 15 is 0 Å². The van der Waals surface area contributed by atoms with Crippen LogP contribution >= 0.6 is 0 Å². The molecular formula is C14H19N5O5. The van der Waals surface area contributed by atoms with Crippen LogP contribution in [0.15, 0.2) is 11.1 Å². The molecule has 3 rings (SSSR count). The van der Waals surface area contributed by atoms with Crippen LogP contribution in [0.3, 0.4) is 0 Å². The maximum atomic E-state index is 12.8. The summed E-state index contributed by atoms with van der Waals surface area (Å²) in [6.45, 7) is 1.40. The molecule has 3 heterocycles. The Labute approximate surface area is 136 Å². The average molecular weight is 337 g/mol. The number of carbonyl (C=O) groups is 1. The molecule has 1 aliphatic rings. The van der Waals surface area contributed by atoms with Gasteiger partial charge in [0, 0.05) is 12.8 Å². The number of aromatic amines is 1. The number of imidazole rings is 1. The SMILES string of the molecule is CCCC(=O)[C@]1(n2cnc3c(=O)[nH]c(N)nc32)C[C@H](O)[C@@H](CO)O1. The molecule has 0 bridgehead atoms. The molecule has 1 aliphatic heterocycles. The van der Waals surface area contributed by atoms with Gasteiger partial charge in [-0.05, 0) is 6.42 Å². The predicted molar refractivity (Wildman–Crippen MR) is 83.0 cm³/mol. The first-order valence-electron chi connectivity index (χ1n) is 7.66. The lowest BCUT2D eigenvalue weighted by atomic mass is 9.98. The number of anilines is 1. The van der Waals surface area contributed by atoms with Gasteiger partial charge in [0.1, 0.15) is 12.4 Å². The van der Waals surface area contributed by atoms with Gasteiger partial charge in [0.25, 0.3) is 5.56 Å². The van der Waals surface area contributed by atoms with Gasteiger partial charge in [-0.3, -0.25) is 19.1 Å². The topological polar surface area (TPSA) is 156 Å². The lowest BCUT2D eigenvalue weighted by Crippen LogP contribution is -2.42. The number of carbonyl (C=O) groups excluding carboxylic acids is 1. The molecular weight excluding hydrogens is 318 g/mol. The highest BCUT2D eigenvalue weighted by molar-refractivity contribution is 5.87. The second kappa shape index (κ2) is 5.96. The van der Waals surface area contributed by atoms with E-state index in [1.165, 1.54) is 10.9 Å². The zero-order chi connectivity index (χ0) is 17.5. The number of aliphatic hydroxyl groups excluding tert-OH is 2. The van der Waals surface area contributed by atoms with E-state index in [-0.39, 0.29) is 35.7 Å². The molecule has 24 heavy (non-hydrogen) atoms. The van der Waals surface area contributed by atoms with Crippen molar-refractivity contribution in [1.29, 1.82) is 0 Å². The summed E-state index contributed by atoms with van der Waals surface area (Å²) < 4.78 is 7.06. The van der Waals surface area contributed by atoms with Crippen LogP contribution in [0, 0.1) is 0 Å². The van der Waals surface area contributed by atoms with Gasteiger partial charge in [-0.15, -0.1) is 0 Å². The molecule has 0 radical (unpaired) electrons. The molecule has 0 saturated carbocycles. The van der Waals surface area contributed by atoms with Gasteiger partial charge < -0.3 is 20.7 Å². The fourth-order valence-electron chi connectivity index (χ4n) is 3.03. The van der Waals surface area contributed by atoms with E-state index < -0.39 is 30.1 Å². The molecule has 1 saturated heterocycles. The predicted octanol–water partition coefficient (Wildman–Crippen LogP) is -1.13. The second-order valence-corrected chi connectivity index (χ2v) is 5.81. The first-order chi connectivity index (χ1) is 11.4. The number of fused-ring (bicyclic) bond motifs is 1. The van der Waals surface area contributed by atoms with Gasteiger partial charge in [-0.25, -0.2) is 4.98 Å². The Morgan fingerprint density at radius 1 is 1.62 bits per heavy atom. The number of nitrogens with zero attached hydrogens (tertiary/aromatic N) is 3. The van der Waals surface area contributed by atoms with Crippen molar-refractivity contribution in [1.82, 2.24) is 19.5 Å². The normalized spacial score (nSPS) is 27.0. The summed E-state index contributed by atoms with van der Waals surface area (Å²) in [5.74, 6) is -0.412. The number of nitrogens with one attached hydrogen (secondary N) is 1. The van der Waals surface area contributed by atoms with Crippen molar-refractivity contribution in [2.75, 3.05) is 12.3 Å². The fraction of sp³-hybridized carbons (Fsp3) is 0.571. The number of ether oxygens (including phenoxy) is 1. The number of rotatable bonds is 5. The highest BCUT2D eigenvalue weighted by Gasteiger charge is 2.52. The minimum Gasteiger partial charge on any atom is -0.394 e. The van der Waals surface area contributed by atoms with E-state index in [1.54, 1.807) is 0 Å². The maximum absolute atomic E-state index is 12.8. The van der Waals surface area contributed by atoms with Crippen molar-refractivity contribution in [3.63, 3.8) is 0 Å². The minimum atomic E-state index is -1.58. The van der Waals surface area contributed by atoms with Gasteiger partial charge >= 0.3 is 0 Å². The molecule has 2 aromatic rings. The van der Waals surface area contributed by atoms with E-state index in [9.17, 15) is 19.8 Å². The van der Waals surface area contributed by atoms with Gasteiger partial charge in [0.05, 0.1) is 12.7 Å². The number of nitrogens with two attached hydrogens (primary N) is 1. The van der Waals surface area contributed by atoms with Crippen LogP contribution in [0.25, 0.3) is 11.2 Å². The molecule has 0 unspecified atom stereocenters. The molecule has 3 atom stereocenters. The van der Waals surface area contributed by atoms with Crippen LogP contribution in [0.2, 0.25) is 0 Å². The van der Waals surface area contributed by atoms with Crippen molar-refractivity contribution in [3.05, 3.63) is 16.7 Å². The smallest absolute Gasteiger partial charge is 0.280 e. The Morgan fingerprint density at radius 3 is 3.00 bits per heavy atom. The van der Waals surface area contributed by atoms with Crippen LogP contribution in [0.1, 0.15) is 26.2 Å². The molecule has 2 aromatic heterocycles. The van der Waals surface area contributed by atoms with Gasteiger partial charge in [0.2, 0.25) is 11.7 Å². The first-order valence-corrected chi connectivity index (χ1v) is 7.66. The van der Waals surface area contributed by atoms with Crippen molar-refractivity contribution >= 4 is 22.9 Å². The van der Waals surface area contributed by atoms with Crippen molar-refractivity contribution in [2.45, 2.75) is 44.1 Å². The standard InChI is InChI=1S/C14H19N5O5/c1-2-3-9(22)14(4-7(21)8(5-20)24-14)19-6-16-10-11(19)17-13(15)18-12(10)23/h6-8,20-21H,2-5H2,1H3,(H3,15,17,18,23)/t7-,8+,14-/m0/s1. The Bertz CT molecular complexity index is 831. The first kappa shape index (κ1) is 16.6. The lowest BCUT2D eigenvalue weighted by molar-refractivity contribution is -0.160. The molecule has 0 aromatic carbocycles. The summed E-state index contributed by atoms with van der Waals surface area (Å²) in [5, 5.41) is 19.5. The van der Waals surface area contributed by atoms with Crippen LogP contribution in [0.5, 0.6) is 0 Å². The molecule has 10 heteroatoms. The highest BCUT2D eigenvalue weighted by atomic mass is 16.6. The summed E-state index contributed by atoms with van der Waals surface area (Å²) in [6, 6.07) is 0. The van der Waals surface area contributed by atoms with E-state index in [1.807, 2.05) is 6.92 Å². The number of aromatic nitrogens is 4. The zero-order valence-corrected chi connectivity index (χ0v) is 13.1. The Balaban J connectivity index is 2.21. The van der Waals surface area contributed by atoms with E-state index in [0.29, 0.717) is 6.42 Å². The molecule has 0 spiro atoms. The van der Waals surface area contributed by atoms with Crippen molar-refractivity contribution < 1.29 is 19.7 Å². The molecule has 5 N–H and O–H groups in total. The number of hydrogen-bond acceptors (Lipinski definition) is 8. The number of H-pyrrole nitrogens is 1. The molecule has 0 aliphatic carbocycles. The third-order valence-corrected chi connectivity index (χ3v) is 4.17. The monoisotopic (exact) mass is 337 g/mol. The van der Waals surface area contributed by atoms with Crippen molar-refractivity contribution in [2.24, 2.45) is 0 Å². The quantitative estimate of drug-likeness (QED) is 0.533. The van der Waals surface area contributed by atoms with Crippen LogP contribution in [-0.4, -0.2) is 54.3 Å². The summed E-state index contributed by atoms with van der Waals surface area (Å²) in [6.07, 6.45) is 0.0225. The number of Topliss-reactive ketones (excluding diaryl/α,β-unsaturated/α-hetero) is 1. The Hall–Kier alpha value is -2.30. The Kier molecular flexibility index (Phi) is 4.11.